The summed E-state index contributed by atoms with van der Waals surface area (Å²) in [6.07, 6.45) is 0.684. The number of nitrogens with one attached hydrogen (secondary N) is 2. The number of phenolic OH excluding ortho intramolecular Hbond substituents is 1. The van der Waals surface area contributed by atoms with Crippen molar-refractivity contribution < 1.29 is 14.3 Å². The van der Waals surface area contributed by atoms with Crippen molar-refractivity contribution in [2.75, 3.05) is 17.2 Å². The van der Waals surface area contributed by atoms with Gasteiger partial charge in [-0.25, -0.2) is 4.39 Å². The summed E-state index contributed by atoms with van der Waals surface area (Å²) < 4.78 is 13.3. The van der Waals surface area contributed by atoms with E-state index in [0.29, 0.717) is 12.1 Å². The van der Waals surface area contributed by atoms with E-state index in [-0.39, 0.29) is 11.8 Å². The second-order valence-electron chi connectivity index (χ2n) is 5.01. The van der Waals surface area contributed by atoms with E-state index < -0.39 is 11.6 Å². The summed E-state index contributed by atoms with van der Waals surface area (Å²) in [5.41, 5.74) is 2.24. The van der Waals surface area contributed by atoms with Crippen LogP contribution in [-0.2, 0) is 4.79 Å². The number of fused-ring (bicyclic) bond motifs is 1. The van der Waals surface area contributed by atoms with Crippen LogP contribution in [-0.4, -0.2) is 17.6 Å². The van der Waals surface area contributed by atoms with Crippen LogP contribution in [0, 0.1) is 5.82 Å². The molecule has 1 unspecified atom stereocenters. The van der Waals surface area contributed by atoms with Crippen LogP contribution in [0.25, 0.3) is 0 Å². The van der Waals surface area contributed by atoms with Gasteiger partial charge < -0.3 is 15.7 Å². The van der Waals surface area contributed by atoms with Crippen molar-refractivity contribution in [2.45, 2.75) is 12.3 Å². The number of carbonyl (C=O) groups excluding carboxylic acids is 1. The van der Waals surface area contributed by atoms with Gasteiger partial charge in [0.25, 0.3) is 0 Å². The molecule has 3 N–H and O–H groups in total. The maximum Gasteiger partial charge on any atom is 0.232 e. The van der Waals surface area contributed by atoms with Crippen LogP contribution in [0.2, 0.25) is 0 Å². The molecule has 3 rings (SSSR count). The van der Waals surface area contributed by atoms with Crippen molar-refractivity contribution in [3.63, 3.8) is 0 Å². The van der Waals surface area contributed by atoms with Crippen molar-refractivity contribution in [3.8, 4) is 5.75 Å². The van der Waals surface area contributed by atoms with Crippen LogP contribution in [0.5, 0.6) is 5.75 Å². The van der Waals surface area contributed by atoms with Gasteiger partial charge in [-0.3, -0.25) is 4.79 Å². The minimum atomic E-state index is -0.751. The van der Waals surface area contributed by atoms with Crippen LogP contribution < -0.4 is 10.6 Å². The molecule has 2 aromatic rings. The van der Waals surface area contributed by atoms with E-state index in [4.69, 9.17) is 5.11 Å². The van der Waals surface area contributed by atoms with Gasteiger partial charge in [-0.2, -0.15) is 0 Å². The quantitative estimate of drug-likeness (QED) is 0.744. The molecule has 0 aliphatic carbocycles. The zero-order valence-corrected chi connectivity index (χ0v) is 11.3. The predicted octanol–water partition coefficient (Wildman–Crippen LogP) is 3.07. The van der Waals surface area contributed by atoms with Gasteiger partial charge in [-0.1, -0.05) is 18.2 Å². The monoisotopic (exact) mass is 286 g/mol. The Morgan fingerprint density at radius 1 is 1.29 bits per heavy atom. The number of amides is 1. The van der Waals surface area contributed by atoms with E-state index in [1.807, 2.05) is 24.3 Å². The second kappa shape index (κ2) is 5.44. The number of phenols is 1. The summed E-state index contributed by atoms with van der Waals surface area (Å²) in [7, 11) is 0. The number of carbonyl (C=O) groups is 1. The molecule has 0 radical (unpaired) electrons. The third-order valence-electron chi connectivity index (χ3n) is 3.62. The molecule has 1 atom stereocenters. The number of aromatic hydroxyl groups is 1. The van der Waals surface area contributed by atoms with Crippen LogP contribution in [0.3, 0.4) is 0 Å². The highest BCUT2D eigenvalue weighted by Crippen LogP contribution is 2.32. The third-order valence-corrected chi connectivity index (χ3v) is 3.62. The van der Waals surface area contributed by atoms with Gasteiger partial charge in [0.05, 0.1) is 5.92 Å². The average Bonchev–Trinajstić information content (AvgIpc) is 2.50. The standard InChI is InChI=1S/C16H15FN2O2/c17-13-9-10(5-6-15(13)20)19-16(21)12-7-8-18-14-4-2-1-3-11(12)14/h1-6,9,12,18,20H,7-8H2,(H,19,21). The van der Waals surface area contributed by atoms with Crippen LogP contribution >= 0.6 is 0 Å². The summed E-state index contributed by atoms with van der Waals surface area (Å²) >= 11 is 0. The lowest BCUT2D eigenvalue weighted by Gasteiger charge is -2.25. The van der Waals surface area contributed by atoms with Gasteiger partial charge in [0, 0.05) is 24.0 Å². The lowest BCUT2D eigenvalue weighted by molar-refractivity contribution is -0.117. The molecular formula is C16H15FN2O2. The highest BCUT2D eigenvalue weighted by Gasteiger charge is 2.26. The van der Waals surface area contributed by atoms with Gasteiger partial charge in [0.1, 0.15) is 0 Å². The number of hydrogen-bond acceptors (Lipinski definition) is 3. The Hall–Kier alpha value is -2.56. The Morgan fingerprint density at radius 3 is 2.90 bits per heavy atom. The fraction of sp³-hybridized carbons (Fsp3) is 0.188. The Kier molecular flexibility index (Phi) is 3.48. The van der Waals surface area contributed by atoms with Crippen molar-refractivity contribution in [3.05, 3.63) is 53.8 Å². The van der Waals surface area contributed by atoms with Crippen LogP contribution in [0.1, 0.15) is 17.9 Å². The average molecular weight is 286 g/mol. The number of benzene rings is 2. The summed E-state index contributed by atoms with van der Waals surface area (Å²) in [4.78, 5) is 12.4. The summed E-state index contributed by atoms with van der Waals surface area (Å²) in [5.74, 6) is -1.62. The molecule has 2 aromatic carbocycles. The zero-order chi connectivity index (χ0) is 14.8. The van der Waals surface area contributed by atoms with Crippen molar-refractivity contribution in [1.29, 1.82) is 0 Å². The number of para-hydroxylation sites is 1. The van der Waals surface area contributed by atoms with E-state index in [2.05, 4.69) is 10.6 Å². The van der Waals surface area contributed by atoms with E-state index in [1.165, 1.54) is 12.1 Å². The van der Waals surface area contributed by atoms with E-state index in [0.717, 1.165) is 23.9 Å². The summed E-state index contributed by atoms with van der Waals surface area (Å²) in [6.45, 7) is 0.721. The molecule has 21 heavy (non-hydrogen) atoms. The smallest absolute Gasteiger partial charge is 0.232 e. The SMILES string of the molecule is O=C(Nc1ccc(O)c(F)c1)C1CCNc2ccccc21. The largest absolute Gasteiger partial charge is 0.505 e. The number of halogens is 1. The molecule has 4 nitrogen and oxygen atoms in total. The topological polar surface area (TPSA) is 61.4 Å². The minimum Gasteiger partial charge on any atom is -0.505 e. The molecule has 0 bridgehead atoms. The Labute approximate surface area is 121 Å². The van der Waals surface area contributed by atoms with E-state index in [1.54, 1.807) is 0 Å². The summed E-state index contributed by atoms with van der Waals surface area (Å²) in [5, 5.41) is 15.1. The Balaban J connectivity index is 1.81. The first-order valence-electron chi connectivity index (χ1n) is 6.77. The van der Waals surface area contributed by atoms with Crippen molar-refractivity contribution in [2.24, 2.45) is 0 Å². The molecule has 1 aliphatic heterocycles. The highest BCUT2D eigenvalue weighted by atomic mass is 19.1. The lowest BCUT2D eigenvalue weighted by Crippen LogP contribution is -2.27. The Bertz CT molecular complexity index is 688. The van der Waals surface area contributed by atoms with Crippen molar-refractivity contribution >= 4 is 17.3 Å². The maximum atomic E-state index is 13.3. The molecule has 0 aromatic heterocycles. The highest BCUT2D eigenvalue weighted by molar-refractivity contribution is 5.97. The maximum absolute atomic E-state index is 13.3. The number of anilines is 2. The molecule has 108 valence electrons. The molecule has 1 heterocycles. The first-order chi connectivity index (χ1) is 10.1. The molecule has 5 heteroatoms. The molecular weight excluding hydrogens is 271 g/mol. The second-order valence-corrected chi connectivity index (χ2v) is 5.01. The first kappa shape index (κ1) is 13.4. The zero-order valence-electron chi connectivity index (χ0n) is 11.3. The predicted molar refractivity (Wildman–Crippen MR) is 79.0 cm³/mol. The molecule has 0 spiro atoms. The minimum absolute atomic E-state index is 0.172. The summed E-state index contributed by atoms with van der Waals surface area (Å²) in [6, 6.07) is 11.5. The number of rotatable bonds is 2. The van der Waals surface area contributed by atoms with Crippen LogP contribution in [0.4, 0.5) is 15.8 Å². The van der Waals surface area contributed by atoms with Crippen molar-refractivity contribution in [1.82, 2.24) is 0 Å². The normalized spacial score (nSPS) is 16.7. The van der Waals surface area contributed by atoms with Crippen LogP contribution in [0.15, 0.2) is 42.5 Å². The third kappa shape index (κ3) is 2.67. The van der Waals surface area contributed by atoms with Gasteiger partial charge in [0.2, 0.25) is 5.91 Å². The molecule has 1 aliphatic rings. The lowest BCUT2D eigenvalue weighted by atomic mass is 9.90. The molecule has 0 saturated heterocycles. The molecule has 0 saturated carbocycles. The van der Waals surface area contributed by atoms with E-state index in [9.17, 15) is 9.18 Å². The fourth-order valence-electron chi connectivity index (χ4n) is 2.55. The van der Waals surface area contributed by atoms with Gasteiger partial charge in [-0.05, 0) is 30.2 Å². The van der Waals surface area contributed by atoms with E-state index >= 15 is 0 Å². The number of hydrogen-bond donors (Lipinski definition) is 3. The molecule has 0 fully saturated rings. The van der Waals surface area contributed by atoms with Gasteiger partial charge in [-0.15, -0.1) is 0 Å². The Morgan fingerprint density at radius 2 is 2.10 bits per heavy atom. The fourth-order valence-corrected chi connectivity index (χ4v) is 2.55. The van der Waals surface area contributed by atoms with Gasteiger partial charge >= 0.3 is 0 Å². The first-order valence-corrected chi connectivity index (χ1v) is 6.77. The molecule has 1 amide bonds. The van der Waals surface area contributed by atoms with Gasteiger partial charge in [0.15, 0.2) is 11.6 Å².